The van der Waals surface area contributed by atoms with Crippen LogP contribution in [0.2, 0.25) is 0 Å². The van der Waals surface area contributed by atoms with Crippen LogP contribution in [-0.4, -0.2) is 22.8 Å². The van der Waals surface area contributed by atoms with Crippen molar-refractivity contribution in [1.29, 1.82) is 0 Å². The van der Waals surface area contributed by atoms with E-state index >= 15 is 0 Å². The first kappa shape index (κ1) is 8.93. The Labute approximate surface area is 80.4 Å². The van der Waals surface area contributed by atoms with Crippen molar-refractivity contribution in [3.8, 4) is 0 Å². The van der Waals surface area contributed by atoms with Crippen LogP contribution in [0.25, 0.3) is 0 Å². The monoisotopic (exact) mass is 200 g/mol. The van der Waals surface area contributed by atoms with Gasteiger partial charge in [0.1, 0.15) is 5.60 Å². The standard InChI is InChI=1S/C8H12N2O2S/c1-5-8(11,2-3-12-5)6-4-10-7(9)13-6/h4-5,11H,2-3H2,1H3,(H2,9,10). The van der Waals surface area contributed by atoms with Crippen LogP contribution in [0.3, 0.4) is 0 Å². The van der Waals surface area contributed by atoms with Gasteiger partial charge in [-0.05, 0) is 6.92 Å². The molecule has 2 atom stereocenters. The first-order valence-corrected chi connectivity index (χ1v) is 5.00. The topological polar surface area (TPSA) is 68.4 Å². The van der Waals surface area contributed by atoms with Gasteiger partial charge in [0.05, 0.1) is 17.6 Å². The quantitative estimate of drug-likeness (QED) is 0.701. The molecule has 1 fully saturated rings. The molecular weight excluding hydrogens is 188 g/mol. The largest absolute Gasteiger partial charge is 0.381 e. The van der Waals surface area contributed by atoms with Crippen LogP contribution in [0.4, 0.5) is 5.13 Å². The molecule has 13 heavy (non-hydrogen) atoms. The van der Waals surface area contributed by atoms with Crippen molar-refractivity contribution in [2.45, 2.75) is 25.0 Å². The van der Waals surface area contributed by atoms with E-state index in [-0.39, 0.29) is 6.10 Å². The lowest BCUT2D eigenvalue weighted by molar-refractivity contribution is -0.0292. The van der Waals surface area contributed by atoms with E-state index in [1.54, 1.807) is 6.20 Å². The summed E-state index contributed by atoms with van der Waals surface area (Å²) in [6.45, 7) is 2.46. The molecule has 0 aliphatic carbocycles. The Kier molecular flexibility index (Phi) is 2.02. The van der Waals surface area contributed by atoms with Gasteiger partial charge < -0.3 is 15.6 Å². The van der Waals surface area contributed by atoms with Gasteiger partial charge in [0.15, 0.2) is 5.13 Å². The Morgan fingerprint density at radius 1 is 1.85 bits per heavy atom. The molecule has 0 radical (unpaired) electrons. The normalized spacial score (nSPS) is 33.8. The number of anilines is 1. The number of nitrogens with two attached hydrogens (primary N) is 1. The molecule has 1 aromatic heterocycles. The fourth-order valence-electron chi connectivity index (χ4n) is 1.54. The van der Waals surface area contributed by atoms with Gasteiger partial charge in [-0.15, -0.1) is 0 Å². The van der Waals surface area contributed by atoms with E-state index < -0.39 is 5.60 Å². The van der Waals surface area contributed by atoms with Gasteiger partial charge in [0.2, 0.25) is 0 Å². The van der Waals surface area contributed by atoms with E-state index in [4.69, 9.17) is 10.5 Å². The third-order valence-electron chi connectivity index (χ3n) is 2.47. The first-order chi connectivity index (χ1) is 6.13. The smallest absolute Gasteiger partial charge is 0.180 e. The molecule has 2 rings (SSSR count). The summed E-state index contributed by atoms with van der Waals surface area (Å²) < 4.78 is 5.32. The summed E-state index contributed by atoms with van der Waals surface area (Å²) in [5.41, 5.74) is 4.63. The molecule has 4 nitrogen and oxygen atoms in total. The third kappa shape index (κ3) is 1.33. The summed E-state index contributed by atoms with van der Waals surface area (Å²) in [7, 11) is 0. The van der Waals surface area contributed by atoms with E-state index in [1.165, 1.54) is 11.3 Å². The Bertz CT molecular complexity index is 315. The molecule has 2 heterocycles. The highest BCUT2D eigenvalue weighted by atomic mass is 32.1. The number of hydrogen-bond acceptors (Lipinski definition) is 5. The van der Waals surface area contributed by atoms with E-state index in [0.717, 1.165) is 4.88 Å². The number of nitrogens with zero attached hydrogens (tertiary/aromatic N) is 1. The van der Waals surface area contributed by atoms with Gasteiger partial charge in [-0.25, -0.2) is 4.98 Å². The van der Waals surface area contributed by atoms with Crippen LogP contribution in [0.1, 0.15) is 18.2 Å². The van der Waals surface area contributed by atoms with Crippen LogP contribution < -0.4 is 5.73 Å². The first-order valence-electron chi connectivity index (χ1n) is 4.18. The van der Waals surface area contributed by atoms with Crippen LogP contribution in [-0.2, 0) is 10.3 Å². The van der Waals surface area contributed by atoms with Gasteiger partial charge >= 0.3 is 0 Å². The summed E-state index contributed by atoms with van der Waals surface area (Å²) >= 11 is 1.32. The van der Waals surface area contributed by atoms with Gasteiger partial charge in [0, 0.05) is 12.6 Å². The fourth-order valence-corrected chi connectivity index (χ4v) is 2.42. The molecule has 0 spiro atoms. The van der Waals surface area contributed by atoms with E-state index in [9.17, 15) is 5.11 Å². The fraction of sp³-hybridized carbons (Fsp3) is 0.625. The minimum atomic E-state index is -0.880. The third-order valence-corrected chi connectivity index (χ3v) is 3.47. The van der Waals surface area contributed by atoms with Gasteiger partial charge in [-0.2, -0.15) is 0 Å². The molecule has 1 aliphatic rings. The molecule has 72 valence electrons. The Balaban J connectivity index is 2.33. The second-order valence-electron chi connectivity index (χ2n) is 3.25. The highest BCUT2D eigenvalue weighted by Crippen LogP contribution is 2.38. The predicted molar refractivity (Wildman–Crippen MR) is 50.5 cm³/mol. The minimum absolute atomic E-state index is 0.174. The average Bonchev–Trinajstić information content (AvgIpc) is 2.62. The number of aromatic nitrogens is 1. The lowest BCUT2D eigenvalue weighted by Gasteiger charge is -2.23. The molecule has 1 aliphatic heterocycles. The second kappa shape index (κ2) is 2.94. The molecule has 2 unspecified atom stereocenters. The molecule has 0 saturated carbocycles. The SMILES string of the molecule is CC1OCCC1(O)c1cnc(N)s1. The lowest BCUT2D eigenvalue weighted by atomic mass is 9.95. The lowest BCUT2D eigenvalue weighted by Crippen LogP contribution is -2.32. The zero-order chi connectivity index (χ0) is 9.47. The van der Waals surface area contributed by atoms with Gasteiger partial charge in [0.25, 0.3) is 0 Å². The van der Waals surface area contributed by atoms with Crippen LogP contribution in [0.5, 0.6) is 0 Å². The van der Waals surface area contributed by atoms with Crippen molar-refractivity contribution in [1.82, 2.24) is 4.98 Å². The summed E-state index contributed by atoms with van der Waals surface area (Å²) in [6, 6.07) is 0. The molecule has 3 N–H and O–H groups in total. The van der Waals surface area contributed by atoms with Crippen LogP contribution in [0, 0.1) is 0 Å². The van der Waals surface area contributed by atoms with Gasteiger partial charge in [-0.3, -0.25) is 0 Å². The van der Waals surface area contributed by atoms with Gasteiger partial charge in [-0.1, -0.05) is 11.3 Å². The Morgan fingerprint density at radius 3 is 3.08 bits per heavy atom. The zero-order valence-corrected chi connectivity index (χ0v) is 8.17. The van der Waals surface area contributed by atoms with E-state index in [0.29, 0.717) is 18.2 Å². The minimum Gasteiger partial charge on any atom is -0.381 e. The van der Waals surface area contributed by atoms with Crippen molar-refractivity contribution in [3.05, 3.63) is 11.1 Å². The number of nitrogen functional groups attached to an aromatic ring is 1. The van der Waals surface area contributed by atoms with Crippen molar-refractivity contribution in [2.24, 2.45) is 0 Å². The summed E-state index contributed by atoms with van der Waals surface area (Å²) in [6.07, 6.45) is 2.08. The molecular formula is C8H12N2O2S. The maximum absolute atomic E-state index is 10.2. The Morgan fingerprint density at radius 2 is 2.62 bits per heavy atom. The number of aliphatic hydroxyl groups is 1. The highest BCUT2D eigenvalue weighted by Gasteiger charge is 2.42. The summed E-state index contributed by atoms with van der Waals surface area (Å²) in [4.78, 5) is 4.72. The Hall–Kier alpha value is -0.650. The van der Waals surface area contributed by atoms with Crippen molar-refractivity contribution in [2.75, 3.05) is 12.3 Å². The maximum Gasteiger partial charge on any atom is 0.180 e. The van der Waals surface area contributed by atoms with Crippen molar-refractivity contribution >= 4 is 16.5 Å². The number of rotatable bonds is 1. The van der Waals surface area contributed by atoms with Crippen molar-refractivity contribution < 1.29 is 9.84 Å². The maximum atomic E-state index is 10.2. The predicted octanol–water partition coefficient (Wildman–Crippen LogP) is 0.722. The van der Waals surface area contributed by atoms with Crippen LogP contribution in [0.15, 0.2) is 6.20 Å². The van der Waals surface area contributed by atoms with E-state index in [1.807, 2.05) is 6.92 Å². The summed E-state index contributed by atoms with van der Waals surface area (Å²) in [5, 5.41) is 10.7. The van der Waals surface area contributed by atoms with E-state index in [2.05, 4.69) is 4.98 Å². The number of hydrogen-bond donors (Lipinski definition) is 2. The average molecular weight is 200 g/mol. The second-order valence-corrected chi connectivity index (χ2v) is 4.31. The molecule has 5 heteroatoms. The molecule has 0 bridgehead atoms. The van der Waals surface area contributed by atoms with Crippen molar-refractivity contribution in [3.63, 3.8) is 0 Å². The molecule has 1 saturated heterocycles. The molecule has 1 aromatic rings. The zero-order valence-electron chi connectivity index (χ0n) is 7.36. The summed E-state index contributed by atoms with van der Waals surface area (Å²) in [5.74, 6) is 0. The molecule has 0 aromatic carbocycles. The van der Waals surface area contributed by atoms with Crippen LogP contribution >= 0.6 is 11.3 Å². The highest BCUT2D eigenvalue weighted by molar-refractivity contribution is 7.15. The molecule has 0 amide bonds. The number of ether oxygens (including phenoxy) is 1. The number of thiazole rings is 1.